The highest BCUT2D eigenvalue weighted by Gasteiger charge is 2.14. The van der Waals surface area contributed by atoms with Gasteiger partial charge in [0.1, 0.15) is 5.75 Å². The molecule has 8 nitrogen and oxygen atoms in total. The monoisotopic (exact) mass is 401 g/mol. The molecule has 3 aromatic rings. The van der Waals surface area contributed by atoms with E-state index in [9.17, 15) is 8.42 Å². The van der Waals surface area contributed by atoms with Crippen molar-refractivity contribution in [3.05, 3.63) is 55.1 Å². The van der Waals surface area contributed by atoms with Crippen LogP contribution in [0, 0.1) is 5.92 Å². The predicted molar refractivity (Wildman–Crippen MR) is 105 cm³/mol. The van der Waals surface area contributed by atoms with Gasteiger partial charge >= 0.3 is 0 Å². The van der Waals surface area contributed by atoms with Crippen LogP contribution in [0.2, 0.25) is 0 Å². The smallest absolute Gasteiger partial charge is 0.240 e. The van der Waals surface area contributed by atoms with Crippen LogP contribution < -0.4 is 9.46 Å². The van der Waals surface area contributed by atoms with Crippen molar-refractivity contribution in [2.75, 3.05) is 13.2 Å². The minimum atomic E-state index is -3.61. The largest absolute Gasteiger partial charge is 0.493 e. The molecule has 9 heteroatoms. The van der Waals surface area contributed by atoms with Gasteiger partial charge in [-0.25, -0.2) is 28.1 Å². The molecule has 0 aliphatic heterocycles. The van der Waals surface area contributed by atoms with Gasteiger partial charge in [-0.1, -0.05) is 13.8 Å². The van der Waals surface area contributed by atoms with Gasteiger partial charge in [0.25, 0.3) is 0 Å². The van der Waals surface area contributed by atoms with Crippen molar-refractivity contribution >= 4 is 10.0 Å². The molecule has 1 aromatic carbocycles. The van der Waals surface area contributed by atoms with E-state index in [-0.39, 0.29) is 11.4 Å². The molecule has 0 saturated carbocycles. The Morgan fingerprint density at radius 1 is 1.07 bits per heavy atom. The second-order valence-corrected chi connectivity index (χ2v) is 8.36. The summed E-state index contributed by atoms with van der Waals surface area (Å²) in [5, 5.41) is 0. The highest BCUT2D eigenvalue weighted by Crippen LogP contribution is 2.17. The molecule has 0 saturated heterocycles. The number of nitrogens with zero attached hydrogens (tertiary/aromatic N) is 4. The van der Waals surface area contributed by atoms with Gasteiger partial charge in [0.15, 0.2) is 11.6 Å². The Morgan fingerprint density at radius 3 is 2.46 bits per heavy atom. The maximum Gasteiger partial charge on any atom is 0.240 e. The number of hydrogen-bond acceptors (Lipinski definition) is 6. The van der Waals surface area contributed by atoms with Crippen LogP contribution in [0.3, 0.4) is 0 Å². The highest BCUT2D eigenvalue weighted by atomic mass is 32.2. The molecule has 0 aliphatic rings. The van der Waals surface area contributed by atoms with Crippen molar-refractivity contribution in [3.63, 3.8) is 0 Å². The molecule has 0 spiro atoms. The van der Waals surface area contributed by atoms with E-state index >= 15 is 0 Å². The van der Waals surface area contributed by atoms with Gasteiger partial charge in [-0.05, 0) is 36.2 Å². The first kappa shape index (κ1) is 20.0. The van der Waals surface area contributed by atoms with E-state index in [0.29, 0.717) is 36.5 Å². The Balaban J connectivity index is 1.60. The molecule has 148 valence electrons. The van der Waals surface area contributed by atoms with Crippen LogP contribution in [-0.2, 0) is 16.6 Å². The number of nitrogens with one attached hydrogen (secondary N) is 1. The average molecular weight is 401 g/mol. The standard InChI is InChI=1S/C19H23N5O3S/c1-15(2)14-27-16-4-6-17(7-5-16)28(25,26)23-11-13-24-12-10-22-19(24)18-20-8-3-9-21-18/h3-10,12,15,23H,11,13-14H2,1-2H3. The molecule has 2 aromatic heterocycles. The van der Waals surface area contributed by atoms with Crippen LogP contribution in [0.15, 0.2) is 60.0 Å². The van der Waals surface area contributed by atoms with Gasteiger partial charge in [-0.3, -0.25) is 0 Å². The van der Waals surface area contributed by atoms with E-state index in [1.54, 1.807) is 59.7 Å². The van der Waals surface area contributed by atoms with Gasteiger partial charge in [0.2, 0.25) is 10.0 Å². The molecule has 3 rings (SSSR count). The van der Waals surface area contributed by atoms with Crippen LogP contribution in [-0.4, -0.2) is 41.1 Å². The van der Waals surface area contributed by atoms with Crippen LogP contribution >= 0.6 is 0 Å². The number of rotatable bonds is 9. The Hall–Kier alpha value is -2.78. The number of benzene rings is 1. The average Bonchev–Trinajstić information content (AvgIpc) is 3.16. The Kier molecular flexibility index (Phi) is 6.37. The van der Waals surface area contributed by atoms with Gasteiger partial charge in [0.05, 0.1) is 11.5 Å². The fourth-order valence-electron chi connectivity index (χ4n) is 2.47. The molecule has 28 heavy (non-hydrogen) atoms. The molecular weight excluding hydrogens is 378 g/mol. The predicted octanol–water partition coefficient (Wildman–Crippen LogP) is 2.35. The first-order chi connectivity index (χ1) is 13.5. The first-order valence-electron chi connectivity index (χ1n) is 8.97. The fourth-order valence-corrected chi connectivity index (χ4v) is 3.49. The molecular formula is C19H23N5O3S. The molecule has 0 unspecified atom stereocenters. The van der Waals surface area contributed by atoms with Crippen molar-refractivity contribution in [2.24, 2.45) is 5.92 Å². The van der Waals surface area contributed by atoms with E-state index < -0.39 is 10.0 Å². The fraction of sp³-hybridized carbons (Fsp3) is 0.316. The van der Waals surface area contributed by atoms with Crippen LogP contribution in [0.1, 0.15) is 13.8 Å². The summed E-state index contributed by atoms with van der Waals surface area (Å²) < 4.78 is 35.0. The third kappa shape index (κ3) is 5.14. The Bertz CT molecular complexity index is 986. The maximum atomic E-state index is 12.5. The van der Waals surface area contributed by atoms with Crippen LogP contribution in [0.25, 0.3) is 11.6 Å². The molecule has 2 heterocycles. The number of aromatic nitrogens is 4. The summed E-state index contributed by atoms with van der Waals surface area (Å²) in [5.41, 5.74) is 0. The second kappa shape index (κ2) is 8.94. The summed E-state index contributed by atoms with van der Waals surface area (Å²) >= 11 is 0. The van der Waals surface area contributed by atoms with Gasteiger partial charge in [-0.2, -0.15) is 0 Å². The zero-order valence-electron chi connectivity index (χ0n) is 15.8. The van der Waals surface area contributed by atoms with Crippen molar-refractivity contribution in [3.8, 4) is 17.4 Å². The third-order valence-electron chi connectivity index (χ3n) is 3.84. The molecule has 0 amide bonds. The van der Waals surface area contributed by atoms with E-state index in [2.05, 4.69) is 33.5 Å². The zero-order valence-corrected chi connectivity index (χ0v) is 16.6. The van der Waals surface area contributed by atoms with E-state index in [4.69, 9.17) is 4.74 Å². The topological polar surface area (TPSA) is 99.0 Å². The Morgan fingerprint density at radius 2 is 1.79 bits per heavy atom. The molecule has 0 bridgehead atoms. The lowest BCUT2D eigenvalue weighted by Gasteiger charge is -2.11. The number of sulfonamides is 1. The van der Waals surface area contributed by atoms with Crippen molar-refractivity contribution in [2.45, 2.75) is 25.3 Å². The number of hydrogen-bond donors (Lipinski definition) is 1. The molecule has 0 radical (unpaired) electrons. The summed E-state index contributed by atoms with van der Waals surface area (Å²) in [6.45, 7) is 5.31. The normalized spacial score (nSPS) is 11.7. The lowest BCUT2D eigenvalue weighted by atomic mass is 10.2. The first-order valence-corrected chi connectivity index (χ1v) is 10.4. The van der Waals surface area contributed by atoms with Crippen LogP contribution in [0.5, 0.6) is 5.75 Å². The van der Waals surface area contributed by atoms with Gasteiger partial charge in [0, 0.05) is 37.9 Å². The summed E-state index contributed by atoms with van der Waals surface area (Å²) in [5.74, 6) is 2.14. The quantitative estimate of drug-likeness (QED) is 0.591. The van der Waals surface area contributed by atoms with E-state index in [0.717, 1.165) is 0 Å². The van der Waals surface area contributed by atoms with E-state index in [1.807, 2.05) is 0 Å². The highest BCUT2D eigenvalue weighted by molar-refractivity contribution is 7.89. The molecule has 0 aliphatic carbocycles. The SMILES string of the molecule is CC(C)COc1ccc(S(=O)(=O)NCCn2ccnc2-c2ncccn2)cc1. The summed E-state index contributed by atoms with van der Waals surface area (Å²) in [6, 6.07) is 8.14. The maximum absolute atomic E-state index is 12.5. The van der Waals surface area contributed by atoms with Crippen molar-refractivity contribution < 1.29 is 13.2 Å². The second-order valence-electron chi connectivity index (χ2n) is 6.59. The molecule has 1 N–H and O–H groups in total. The van der Waals surface area contributed by atoms with Crippen LogP contribution in [0.4, 0.5) is 0 Å². The van der Waals surface area contributed by atoms with Gasteiger partial charge in [-0.15, -0.1) is 0 Å². The lowest BCUT2D eigenvalue weighted by molar-refractivity contribution is 0.271. The summed E-state index contributed by atoms with van der Waals surface area (Å²) in [4.78, 5) is 12.8. The number of imidazole rings is 1. The van der Waals surface area contributed by atoms with E-state index in [1.165, 1.54) is 0 Å². The van der Waals surface area contributed by atoms with Crippen molar-refractivity contribution in [1.82, 2.24) is 24.2 Å². The number of ether oxygens (including phenoxy) is 1. The van der Waals surface area contributed by atoms with Crippen molar-refractivity contribution in [1.29, 1.82) is 0 Å². The van der Waals surface area contributed by atoms with Gasteiger partial charge < -0.3 is 9.30 Å². The summed E-state index contributed by atoms with van der Waals surface area (Å²) in [7, 11) is -3.61. The molecule has 0 fully saturated rings. The third-order valence-corrected chi connectivity index (χ3v) is 5.32. The lowest BCUT2D eigenvalue weighted by Crippen LogP contribution is -2.27. The minimum absolute atomic E-state index is 0.196. The summed E-state index contributed by atoms with van der Waals surface area (Å²) in [6.07, 6.45) is 6.67. The molecule has 0 atom stereocenters. The zero-order chi connectivity index (χ0) is 20.0. The Labute approximate surface area is 164 Å². The minimum Gasteiger partial charge on any atom is -0.493 e.